The minimum absolute atomic E-state index is 0.189. The van der Waals surface area contributed by atoms with Crippen LogP contribution < -0.4 is 18.7 Å². The summed E-state index contributed by atoms with van der Waals surface area (Å²) in [5.41, 5.74) is 4.03. The van der Waals surface area contributed by atoms with E-state index in [1.165, 1.54) is 32.1 Å². The third kappa shape index (κ3) is 3.08. The highest BCUT2D eigenvalue weighted by atomic mass is 16.7. The van der Waals surface area contributed by atoms with Crippen LogP contribution in [0.3, 0.4) is 0 Å². The van der Waals surface area contributed by atoms with E-state index in [1.807, 2.05) is 30.3 Å². The second-order valence-electron chi connectivity index (χ2n) is 10.8. The lowest BCUT2D eigenvalue weighted by Gasteiger charge is -2.37. The molecule has 0 bridgehead atoms. The number of benzene rings is 3. The summed E-state index contributed by atoms with van der Waals surface area (Å²) in [6.07, 6.45) is 6.12. The van der Waals surface area contributed by atoms with E-state index in [-0.39, 0.29) is 12.7 Å². The predicted octanol–water partition coefficient (Wildman–Crippen LogP) is 5.78. The Balaban J connectivity index is 1.41. The Morgan fingerprint density at radius 3 is 2.42 bits per heavy atom. The van der Waals surface area contributed by atoms with Gasteiger partial charge in [-0.1, -0.05) is 61.7 Å². The molecule has 0 aromatic heterocycles. The molecular weight excluding hydrogens is 450 g/mol. The summed E-state index contributed by atoms with van der Waals surface area (Å²) in [7, 11) is 0. The summed E-state index contributed by atoms with van der Waals surface area (Å²) in [6, 6.07) is 20.3. The molecule has 5 heteroatoms. The Morgan fingerprint density at radius 1 is 0.861 bits per heavy atom. The average molecular weight is 481 g/mol. The maximum absolute atomic E-state index is 15.1. The molecule has 0 saturated heterocycles. The molecule has 1 amide bonds. The molecule has 2 radical (unpaired) electrons. The molecule has 4 aliphatic rings. The Bertz CT molecular complexity index is 1340. The monoisotopic (exact) mass is 480 g/mol. The number of quaternary nitrogens is 1. The fraction of sp³-hybridized carbons (Fsp3) is 0.355. The zero-order valence-electron chi connectivity index (χ0n) is 20.4. The third-order valence-corrected chi connectivity index (χ3v) is 8.68. The highest BCUT2D eigenvalue weighted by molar-refractivity contribution is 6.08. The fourth-order valence-corrected chi connectivity index (χ4v) is 6.99. The molecule has 1 saturated carbocycles. The molecule has 3 aliphatic heterocycles. The normalized spacial score (nSPS) is 26.2. The van der Waals surface area contributed by atoms with Gasteiger partial charge >= 0.3 is 5.91 Å². The van der Waals surface area contributed by atoms with Crippen LogP contribution in [0.5, 0.6) is 17.2 Å². The molecule has 3 aromatic rings. The summed E-state index contributed by atoms with van der Waals surface area (Å²) < 4.78 is 17.9. The van der Waals surface area contributed by atoms with Gasteiger partial charge in [-0.15, -0.1) is 0 Å². The number of fused-ring (bicyclic) bond motifs is 5. The summed E-state index contributed by atoms with van der Waals surface area (Å²) in [5.74, 6) is 2.78. The Labute approximate surface area is 212 Å². The molecule has 36 heavy (non-hydrogen) atoms. The topological polar surface area (TPSA) is 44.8 Å². The smallest absolute Gasteiger partial charge is 0.338 e. The third-order valence-electron chi connectivity index (χ3n) is 8.68. The lowest BCUT2D eigenvalue weighted by Crippen LogP contribution is -2.58. The maximum Gasteiger partial charge on any atom is 0.338 e. The van der Waals surface area contributed by atoms with Crippen molar-refractivity contribution in [2.45, 2.75) is 44.1 Å². The summed E-state index contributed by atoms with van der Waals surface area (Å²) >= 11 is 0. The zero-order valence-corrected chi connectivity index (χ0v) is 20.4. The van der Waals surface area contributed by atoms with Gasteiger partial charge in [0.2, 0.25) is 6.79 Å². The van der Waals surface area contributed by atoms with Crippen LogP contribution in [-0.4, -0.2) is 25.9 Å². The van der Waals surface area contributed by atoms with Gasteiger partial charge in [0.1, 0.15) is 24.6 Å². The van der Waals surface area contributed by atoms with Crippen molar-refractivity contribution in [3.63, 3.8) is 0 Å². The van der Waals surface area contributed by atoms with Crippen LogP contribution in [0.25, 0.3) is 0 Å². The first-order valence-electron chi connectivity index (χ1n) is 13.0. The lowest BCUT2D eigenvalue weighted by atomic mass is 9.77. The average Bonchev–Trinajstić information content (AvgIpc) is 3.57. The highest BCUT2D eigenvalue weighted by Gasteiger charge is 2.67. The first-order valence-corrected chi connectivity index (χ1v) is 13.0. The largest absolute Gasteiger partial charge is 0.491 e. The second-order valence-corrected chi connectivity index (χ2v) is 10.8. The van der Waals surface area contributed by atoms with E-state index in [9.17, 15) is 0 Å². The Hall–Kier alpha value is -3.31. The van der Waals surface area contributed by atoms with E-state index in [1.54, 1.807) is 0 Å². The number of amides is 1. The van der Waals surface area contributed by atoms with E-state index in [4.69, 9.17) is 21.1 Å². The van der Waals surface area contributed by atoms with Crippen LogP contribution in [0.15, 0.2) is 60.7 Å². The van der Waals surface area contributed by atoms with Crippen molar-refractivity contribution in [2.24, 2.45) is 5.92 Å². The van der Waals surface area contributed by atoms with Crippen LogP contribution in [0.2, 0.25) is 0 Å². The number of hydrogen-bond donors (Lipinski definition) is 0. The number of nitrogens with zero attached hydrogens (tertiary/aromatic N) is 1. The predicted molar refractivity (Wildman–Crippen MR) is 137 cm³/mol. The molecule has 3 aromatic carbocycles. The van der Waals surface area contributed by atoms with Gasteiger partial charge in [-0.25, -0.2) is 9.28 Å². The quantitative estimate of drug-likeness (QED) is 0.444. The van der Waals surface area contributed by atoms with Crippen LogP contribution in [0, 0.1) is 12.8 Å². The van der Waals surface area contributed by atoms with Gasteiger partial charge in [0.15, 0.2) is 16.9 Å². The van der Waals surface area contributed by atoms with Gasteiger partial charge in [-0.05, 0) is 37.5 Å². The van der Waals surface area contributed by atoms with Crippen molar-refractivity contribution in [1.82, 2.24) is 4.48 Å². The Kier molecular flexibility index (Phi) is 4.94. The molecule has 0 N–H and O–H groups in total. The van der Waals surface area contributed by atoms with Crippen LogP contribution in [0.4, 0.5) is 5.69 Å². The van der Waals surface area contributed by atoms with Gasteiger partial charge in [0.05, 0.1) is 6.54 Å². The minimum atomic E-state index is -0.866. The van der Waals surface area contributed by atoms with Crippen molar-refractivity contribution in [3.8, 4) is 17.2 Å². The molecule has 2 unspecified atom stereocenters. The lowest BCUT2D eigenvalue weighted by molar-refractivity contribution is -0.134. The van der Waals surface area contributed by atoms with Crippen LogP contribution in [0.1, 0.15) is 54.4 Å². The summed E-state index contributed by atoms with van der Waals surface area (Å²) in [4.78, 5) is 15.1. The molecular formula is C31H30NO4+. The molecule has 7 rings (SSSR count). The van der Waals surface area contributed by atoms with Crippen molar-refractivity contribution in [2.75, 3.05) is 19.9 Å². The summed E-state index contributed by atoms with van der Waals surface area (Å²) in [5, 5.41) is 0. The van der Waals surface area contributed by atoms with Crippen molar-refractivity contribution in [3.05, 3.63) is 89.8 Å². The second kappa shape index (κ2) is 8.10. The number of ether oxygens (including phenoxy) is 3. The molecule has 1 fully saturated rings. The van der Waals surface area contributed by atoms with Crippen LogP contribution in [-0.2, 0) is 16.8 Å². The first-order chi connectivity index (χ1) is 17.6. The highest BCUT2D eigenvalue weighted by Crippen LogP contribution is 2.58. The van der Waals surface area contributed by atoms with E-state index in [0.29, 0.717) is 40.8 Å². The molecule has 1 spiro atoms. The number of carbonyl (C=O) groups is 1. The minimum Gasteiger partial charge on any atom is -0.491 e. The molecule has 5 nitrogen and oxygen atoms in total. The van der Waals surface area contributed by atoms with Crippen molar-refractivity contribution >= 4 is 11.6 Å². The van der Waals surface area contributed by atoms with Crippen molar-refractivity contribution in [1.29, 1.82) is 0 Å². The molecule has 3 heterocycles. The van der Waals surface area contributed by atoms with Crippen molar-refractivity contribution < 1.29 is 19.0 Å². The van der Waals surface area contributed by atoms with Crippen LogP contribution >= 0.6 is 0 Å². The first kappa shape index (κ1) is 21.9. The number of rotatable bonds is 4. The van der Waals surface area contributed by atoms with E-state index in [2.05, 4.69) is 30.3 Å². The molecule has 1 aliphatic carbocycles. The standard InChI is InChI=1S/C31H30NO4/c1-21-11-13-23(14-12-21)18-32(17-22-7-3-2-4-8-22)26-10-6-5-9-24(26)31(30(32)33)19-34-27-16-29-28(15-25(27)31)35-20-36-29/h1,5-6,9-16,22H,2-4,7-8,17-20H2/q+1. The number of carbonyl (C=O) groups excluding carboxylic acids is 1. The Morgan fingerprint density at radius 2 is 1.61 bits per heavy atom. The molecule has 2 atom stereocenters. The van der Waals surface area contributed by atoms with Gasteiger partial charge in [0.25, 0.3) is 0 Å². The van der Waals surface area contributed by atoms with E-state index < -0.39 is 5.41 Å². The van der Waals surface area contributed by atoms with Gasteiger partial charge in [0, 0.05) is 28.7 Å². The summed E-state index contributed by atoms with van der Waals surface area (Å²) in [6.45, 7) is 7.90. The fourth-order valence-electron chi connectivity index (χ4n) is 6.99. The number of para-hydroxylation sites is 1. The number of hydrogen-bond acceptors (Lipinski definition) is 4. The van der Waals surface area contributed by atoms with Gasteiger partial charge in [-0.2, -0.15) is 0 Å². The van der Waals surface area contributed by atoms with Gasteiger partial charge < -0.3 is 14.2 Å². The maximum atomic E-state index is 15.1. The van der Waals surface area contributed by atoms with E-state index >= 15 is 4.79 Å². The van der Waals surface area contributed by atoms with Gasteiger partial charge in [-0.3, -0.25) is 0 Å². The molecule has 182 valence electrons. The van der Waals surface area contributed by atoms with E-state index in [0.717, 1.165) is 34.5 Å². The zero-order chi connectivity index (χ0) is 24.3. The SMILES string of the molecule is [CH]c1ccc(C[N+]2(CC3CCCCC3)C(=O)C3(COc4cc5c(cc43)OCO5)c3ccccc32)cc1.